The number of imidazole rings is 1. The molecule has 0 spiro atoms. The summed E-state index contributed by atoms with van der Waals surface area (Å²) in [7, 11) is -16.2. The molecule has 1 aliphatic heterocycles. The number of fused-ring (bicyclic) bond motifs is 1. The SMILES string of the molecule is Nc1ncnc2c1ncn2[C@@H]1O[C@@H](COP(=O)(O)CP(=O)(O)OP(=O)([O-])[O-])[C@H](O)[C@@H]1O.[Li+].[Li+]. The Morgan fingerprint density at radius 3 is 2.33 bits per heavy atom. The van der Waals surface area contributed by atoms with Crippen LogP contribution in [0.2, 0.25) is 0 Å². The second kappa shape index (κ2) is 11.3. The van der Waals surface area contributed by atoms with E-state index in [0.717, 1.165) is 6.33 Å². The Morgan fingerprint density at radius 1 is 1.09 bits per heavy atom. The van der Waals surface area contributed by atoms with E-state index in [1.165, 1.54) is 10.9 Å². The molecule has 3 rings (SSSR count). The topological polar surface area (TPSA) is 276 Å². The van der Waals surface area contributed by atoms with E-state index in [2.05, 4.69) is 23.8 Å². The molecular weight excluding hydrogens is 501 g/mol. The van der Waals surface area contributed by atoms with Gasteiger partial charge in [0, 0.05) is 0 Å². The standard InChI is InChI=1S/C11H18N5O12P3.2Li/c12-9-6-10(14-2-13-9)16(3-15-6)11-8(18)7(17)5(27-11)1-26-29(19,20)4-30(21,22)28-31(23,24)25;;/h2-3,5,7-8,11,17-18H,1,4H2,(H,19,20)(H,21,22)(H2,12,13,14)(H2,23,24,25);;/q;2*+1/p-2/t5-,7-,8-,11+;;/m0../s1. The third kappa shape index (κ3) is 7.68. The van der Waals surface area contributed by atoms with Crippen molar-refractivity contribution < 1.29 is 94.8 Å². The van der Waals surface area contributed by atoms with Gasteiger partial charge in [-0.25, -0.2) is 15.0 Å². The number of aliphatic hydroxyl groups excluding tert-OH is 2. The van der Waals surface area contributed by atoms with Crippen LogP contribution in [-0.2, 0) is 27.3 Å². The average Bonchev–Trinajstić information content (AvgIpc) is 3.13. The summed E-state index contributed by atoms with van der Waals surface area (Å²) in [6, 6.07) is 0. The second-order valence-corrected chi connectivity index (χ2v) is 11.9. The van der Waals surface area contributed by atoms with Crippen LogP contribution in [0.4, 0.5) is 5.82 Å². The van der Waals surface area contributed by atoms with Gasteiger partial charge in [0.2, 0.25) is 0 Å². The van der Waals surface area contributed by atoms with Crippen molar-refractivity contribution in [3.05, 3.63) is 12.7 Å². The average molecular weight is 517 g/mol. The van der Waals surface area contributed by atoms with Gasteiger partial charge in [0.05, 0.1) is 20.8 Å². The molecule has 2 unspecified atom stereocenters. The predicted octanol–water partition coefficient (Wildman–Crippen LogP) is -8.77. The number of hydrogen-bond donors (Lipinski definition) is 5. The minimum Gasteiger partial charge on any atom is -0.789 e. The van der Waals surface area contributed by atoms with E-state index >= 15 is 0 Å². The van der Waals surface area contributed by atoms with E-state index in [1.54, 1.807) is 0 Å². The summed E-state index contributed by atoms with van der Waals surface area (Å²) < 4.78 is 48.6. The monoisotopic (exact) mass is 517 g/mol. The zero-order valence-electron chi connectivity index (χ0n) is 17.1. The van der Waals surface area contributed by atoms with Gasteiger partial charge in [-0.05, 0) is 0 Å². The van der Waals surface area contributed by atoms with Crippen LogP contribution in [0.5, 0.6) is 0 Å². The van der Waals surface area contributed by atoms with Gasteiger partial charge < -0.3 is 49.3 Å². The molecule has 0 aromatic carbocycles. The molecule has 33 heavy (non-hydrogen) atoms. The molecular formula is C11H16Li2N5O12P3. The summed E-state index contributed by atoms with van der Waals surface area (Å²) in [5, 5.41) is 20.5. The molecule has 1 aliphatic rings. The van der Waals surface area contributed by atoms with Crippen molar-refractivity contribution in [2.75, 3.05) is 18.2 Å². The third-order valence-corrected chi connectivity index (χ3v) is 9.26. The van der Waals surface area contributed by atoms with Crippen LogP contribution in [0, 0.1) is 0 Å². The molecule has 0 saturated carbocycles. The molecule has 1 saturated heterocycles. The molecule has 2 aromatic heterocycles. The van der Waals surface area contributed by atoms with Crippen LogP contribution in [0.15, 0.2) is 12.7 Å². The maximum atomic E-state index is 12.0. The summed E-state index contributed by atoms with van der Waals surface area (Å²) in [6.45, 7) is -0.862. The molecule has 3 heterocycles. The summed E-state index contributed by atoms with van der Waals surface area (Å²) in [5.74, 6) is -1.67. The van der Waals surface area contributed by atoms with Crippen molar-refractivity contribution in [2.45, 2.75) is 24.5 Å². The van der Waals surface area contributed by atoms with E-state index in [0.29, 0.717) is 0 Å². The van der Waals surface area contributed by atoms with Crippen LogP contribution in [0.3, 0.4) is 0 Å². The molecule has 0 radical (unpaired) electrons. The van der Waals surface area contributed by atoms with E-state index in [1.807, 2.05) is 0 Å². The molecule has 0 amide bonds. The first-order valence-corrected chi connectivity index (χ1v) is 13.1. The number of nitrogens with zero attached hydrogens (tertiary/aromatic N) is 4. The Kier molecular flexibility index (Phi) is 10.6. The normalized spacial score (nSPS) is 26.7. The zero-order chi connectivity index (χ0) is 23.2. The Balaban J connectivity index is 0.00000272. The summed E-state index contributed by atoms with van der Waals surface area (Å²) in [4.78, 5) is 51.5. The largest absolute Gasteiger partial charge is 1.00 e. The van der Waals surface area contributed by atoms with Crippen LogP contribution >= 0.6 is 23.0 Å². The van der Waals surface area contributed by atoms with Gasteiger partial charge in [-0.1, -0.05) is 0 Å². The van der Waals surface area contributed by atoms with Gasteiger partial charge in [-0.3, -0.25) is 18.0 Å². The van der Waals surface area contributed by atoms with E-state index in [9.17, 15) is 43.5 Å². The smallest absolute Gasteiger partial charge is 0.789 e. The second-order valence-electron chi connectivity index (χ2n) is 6.37. The number of hydrogen-bond acceptors (Lipinski definition) is 14. The molecule has 6 N–H and O–H groups in total. The van der Waals surface area contributed by atoms with Crippen molar-refractivity contribution in [3.8, 4) is 0 Å². The van der Waals surface area contributed by atoms with Gasteiger partial charge in [-0.2, -0.15) is 0 Å². The van der Waals surface area contributed by atoms with Crippen molar-refractivity contribution in [3.63, 3.8) is 0 Å². The van der Waals surface area contributed by atoms with Crippen molar-refractivity contribution in [2.24, 2.45) is 0 Å². The maximum absolute atomic E-state index is 12.0. The number of phosphoric acid groups is 1. The number of aliphatic hydroxyl groups is 2. The molecule has 2 aromatic rings. The van der Waals surface area contributed by atoms with E-state index in [-0.39, 0.29) is 54.7 Å². The fourth-order valence-corrected chi connectivity index (χ4v) is 7.23. The number of aromatic nitrogens is 4. The van der Waals surface area contributed by atoms with Crippen molar-refractivity contribution in [1.82, 2.24) is 19.5 Å². The minimum atomic E-state index is -5.92. The summed E-state index contributed by atoms with van der Waals surface area (Å²) in [6.07, 6.45) is -3.53. The summed E-state index contributed by atoms with van der Waals surface area (Å²) in [5.41, 5.74) is 6.03. The fraction of sp³-hybridized carbons (Fsp3) is 0.545. The number of nitrogen functional groups attached to an aromatic ring is 1. The molecule has 6 atom stereocenters. The van der Waals surface area contributed by atoms with Gasteiger partial charge in [0.1, 0.15) is 30.2 Å². The van der Waals surface area contributed by atoms with Gasteiger partial charge in [0.15, 0.2) is 23.6 Å². The van der Waals surface area contributed by atoms with Crippen LogP contribution in [0.1, 0.15) is 6.23 Å². The zero-order valence-corrected chi connectivity index (χ0v) is 19.8. The minimum absolute atomic E-state index is 0. The Labute approximate surface area is 209 Å². The van der Waals surface area contributed by atoms with Gasteiger partial charge >= 0.3 is 52.9 Å². The van der Waals surface area contributed by atoms with Crippen molar-refractivity contribution in [1.29, 1.82) is 0 Å². The molecule has 0 bridgehead atoms. The van der Waals surface area contributed by atoms with Crippen LogP contribution in [-0.4, -0.2) is 70.3 Å². The Hall–Kier alpha value is -0.125. The molecule has 17 nitrogen and oxygen atoms in total. The number of ether oxygens (including phenoxy) is 1. The Bertz CT molecular complexity index is 1120. The summed E-state index contributed by atoms with van der Waals surface area (Å²) >= 11 is 0. The molecule has 1 fully saturated rings. The van der Waals surface area contributed by atoms with E-state index < -0.39 is 60.1 Å². The van der Waals surface area contributed by atoms with Crippen LogP contribution in [0.25, 0.3) is 11.2 Å². The Morgan fingerprint density at radius 2 is 1.73 bits per heavy atom. The van der Waals surface area contributed by atoms with E-state index in [4.69, 9.17) is 10.5 Å². The number of anilines is 1. The first kappa shape index (κ1) is 30.9. The third-order valence-electron chi connectivity index (χ3n) is 4.02. The van der Waals surface area contributed by atoms with Crippen LogP contribution < -0.4 is 53.2 Å². The number of nitrogens with two attached hydrogens (primary N) is 1. The first-order chi connectivity index (χ1) is 14.2. The molecule has 174 valence electrons. The maximum Gasteiger partial charge on any atom is 1.00 e. The number of rotatable bonds is 8. The first-order valence-electron chi connectivity index (χ1n) is 8.15. The molecule has 22 heteroatoms. The predicted molar refractivity (Wildman–Crippen MR) is 94.8 cm³/mol. The van der Waals surface area contributed by atoms with Crippen molar-refractivity contribution >= 4 is 40.0 Å². The fourth-order valence-electron chi connectivity index (χ4n) is 2.79. The molecule has 0 aliphatic carbocycles. The van der Waals surface area contributed by atoms with Gasteiger partial charge in [-0.15, -0.1) is 0 Å². The van der Waals surface area contributed by atoms with Gasteiger partial charge in [0.25, 0.3) is 0 Å². The quantitative estimate of drug-likeness (QED) is 0.161.